The molecule has 1 aliphatic carbocycles. The average Bonchev–Trinajstić information content (AvgIpc) is 3.32. The first kappa shape index (κ1) is 13.5. The normalized spacial score (nSPS) is 14.0. The van der Waals surface area contributed by atoms with Gasteiger partial charge in [0.2, 0.25) is 5.43 Å². The van der Waals surface area contributed by atoms with Crippen LogP contribution in [-0.2, 0) is 0 Å². The molecular formula is C15H17N3O3. The van der Waals surface area contributed by atoms with Crippen molar-refractivity contribution in [2.75, 3.05) is 19.0 Å². The standard InChI is InChI=1S/C15H17N3O3/c1-21-10-4-5-12-11(6-10)14(19)13(8-16-12)18-15(20)17-7-9-2-3-9/h4-6,8-9H,2-3,7H2,1H3,(H,16,19)(H2,17,18,20). The Labute approximate surface area is 121 Å². The van der Waals surface area contributed by atoms with Gasteiger partial charge in [0.05, 0.1) is 12.5 Å². The zero-order valence-electron chi connectivity index (χ0n) is 11.7. The van der Waals surface area contributed by atoms with Crippen LogP contribution in [0.3, 0.4) is 0 Å². The van der Waals surface area contributed by atoms with Crippen LogP contribution in [-0.4, -0.2) is 24.7 Å². The zero-order chi connectivity index (χ0) is 14.8. The minimum atomic E-state index is -0.352. The highest BCUT2D eigenvalue weighted by Crippen LogP contribution is 2.27. The van der Waals surface area contributed by atoms with Crippen molar-refractivity contribution in [3.63, 3.8) is 0 Å². The number of benzene rings is 1. The Morgan fingerprint density at radius 2 is 2.24 bits per heavy atom. The fraction of sp³-hybridized carbons (Fsp3) is 0.333. The van der Waals surface area contributed by atoms with E-state index in [-0.39, 0.29) is 17.1 Å². The van der Waals surface area contributed by atoms with Crippen LogP contribution >= 0.6 is 0 Å². The molecule has 1 saturated carbocycles. The van der Waals surface area contributed by atoms with Crippen molar-refractivity contribution in [2.24, 2.45) is 5.92 Å². The number of fused-ring (bicyclic) bond motifs is 1. The summed E-state index contributed by atoms with van der Waals surface area (Å²) in [4.78, 5) is 27.1. The van der Waals surface area contributed by atoms with E-state index in [0.717, 1.165) is 12.8 Å². The number of urea groups is 1. The number of carbonyl (C=O) groups is 1. The molecule has 2 amide bonds. The second-order valence-electron chi connectivity index (χ2n) is 5.22. The predicted molar refractivity (Wildman–Crippen MR) is 80.9 cm³/mol. The minimum absolute atomic E-state index is 0.226. The van der Waals surface area contributed by atoms with Gasteiger partial charge in [0.25, 0.3) is 0 Å². The van der Waals surface area contributed by atoms with Crippen molar-refractivity contribution in [3.05, 3.63) is 34.6 Å². The van der Waals surface area contributed by atoms with Crippen molar-refractivity contribution in [1.29, 1.82) is 0 Å². The average molecular weight is 287 g/mol. The smallest absolute Gasteiger partial charge is 0.319 e. The number of carbonyl (C=O) groups excluding carboxylic acids is 1. The van der Waals surface area contributed by atoms with Gasteiger partial charge >= 0.3 is 6.03 Å². The number of nitrogens with one attached hydrogen (secondary N) is 3. The van der Waals surface area contributed by atoms with Crippen molar-refractivity contribution >= 4 is 22.6 Å². The van der Waals surface area contributed by atoms with Crippen molar-refractivity contribution in [3.8, 4) is 5.75 Å². The molecule has 0 aliphatic heterocycles. The van der Waals surface area contributed by atoms with Crippen LogP contribution in [0.25, 0.3) is 10.9 Å². The Morgan fingerprint density at radius 3 is 2.95 bits per heavy atom. The third-order valence-corrected chi connectivity index (χ3v) is 3.58. The Morgan fingerprint density at radius 1 is 1.43 bits per heavy atom. The zero-order valence-corrected chi connectivity index (χ0v) is 11.7. The van der Waals surface area contributed by atoms with Gasteiger partial charge in [0.1, 0.15) is 11.4 Å². The lowest BCUT2D eigenvalue weighted by Gasteiger charge is -2.08. The van der Waals surface area contributed by atoms with Gasteiger partial charge in [-0.25, -0.2) is 4.79 Å². The van der Waals surface area contributed by atoms with Gasteiger partial charge < -0.3 is 20.4 Å². The van der Waals surface area contributed by atoms with Crippen LogP contribution in [0.5, 0.6) is 5.75 Å². The van der Waals surface area contributed by atoms with Gasteiger partial charge in [-0.15, -0.1) is 0 Å². The van der Waals surface area contributed by atoms with Crippen molar-refractivity contribution in [2.45, 2.75) is 12.8 Å². The Bertz CT molecular complexity index is 735. The summed E-state index contributed by atoms with van der Waals surface area (Å²) in [5, 5.41) is 5.83. The maximum atomic E-state index is 12.4. The molecule has 2 aromatic rings. The topological polar surface area (TPSA) is 83.2 Å². The van der Waals surface area contributed by atoms with Gasteiger partial charge in [0, 0.05) is 18.3 Å². The lowest BCUT2D eigenvalue weighted by Crippen LogP contribution is -2.32. The van der Waals surface area contributed by atoms with Crippen LogP contribution in [0, 0.1) is 5.92 Å². The number of methoxy groups -OCH3 is 1. The summed E-state index contributed by atoms with van der Waals surface area (Å²) in [6, 6.07) is 4.84. The Balaban J connectivity index is 1.82. The number of amides is 2. The summed E-state index contributed by atoms with van der Waals surface area (Å²) < 4.78 is 5.12. The monoisotopic (exact) mass is 287 g/mol. The van der Waals surface area contributed by atoms with E-state index in [0.29, 0.717) is 29.1 Å². The number of H-pyrrole nitrogens is 1. The molecule has 6 nitrogen and oxygen atoms in total. The first-order valence-corrected chi connectivity index (χ1v) is 6.91. The van der Waals surface area contributed by atoms with Gasteiger partial charge in [-0.2, -0.15) is 0 Å². The van der Waals surface area contributed by atoms with Gasteiger partial charge in [0.15, 0.2) is 0 Å². The lowest BCUT2D eigenvalue weighted by atomic mass is 10.2. The maximum Gasteiger partial charge on any atom is 0.319 e. The number of hydrogen-bond donors (Lipinski definition) is 3. The largest absolute Gasteiger partial charge is 0.497 e. The number of hydrogen-bond acceptors (Lipinski definition) is 3. The number of aromatic nitrogens is 1. The van der Waals surface area contributed by atoms with E-state index in [1.807, 2.05) is 0 Å². The predicted octanol–water partition coefficient (Wildman–Crippen LogP) is 2.07. The molecule has 6 heteroatoms. The Kier molecular flexibility index (Phi) is 3.51. The van der Waals surface area contributed by atoms with Gasteiger partial charge in [-0.1, -0.05) is 0 Å². The summed E-state index contributed by atoms with van der Waals surface area (Å²) >= 11 is 0. The first-order chi connectivity index (χ1) is 10.2. The fourth-order valence-electron chi connectivity index (χ4n) is 2.14. The number of ether oxygens (including phenoxy) is 1. The van der Waals surface area contributed by atoms with E-state index in [9.17, 15) is 9.59 Å². The first-order valence-electron chi connectivity index (χ1n) is 6.91. The van der Waals surface area contributed by atoms with Crippen LogP contribution in [0.4, 0.5) is 10.5 Å². The highest BCUT2D eigenvalue weighted by molar-refractivity contribution is 5.92. The molecule has 1 aromatic heterocycles. The molecule has 0 radical (unpaired) electrons. The van der Waals surface area contributed by atoms with E-state index in [1.54, 1.807) is 25.3 Å². The molecular weight excluding hydrogens is 270 g/mol. The van der Waals surface area contributed by atoms with E-state index in [2.05, 4.69) is 15.6 Å². The highest BCUT2D eigenvalue weighted by Gasteiger charge is 2.21. The molecule has 21 heavy (non-hydrogen) atoms. The molecule has 1 aromatic carbocycles. The highest BCUT2D eigenvalue weighted by atomic mass is 16.5. The van der Waals surface area contributed by atoms with Gasteiger partial charge in [-0.05, 0) is 37.0 Å². The Hall–Kier alpha value is -2.50. The molecule has 3 N–H and O–H groups in total. The molecule has 0 bridgehead atoms. The number of aromatic amines is 1. The summed E-state index contributed by atoms with van der Waals surface area (Å²) in [5.74, 6) is 1.19. The second kappa shape index (κ2) is 5.47. The van der Waals surface area contributed by atoms with E-state index >= 15 is 0 Å². The van der Waals surface area contributed by atoms with E-state index < -0.39 is 0 Å². The minimum Gasteiger partial charge on any atom is -0.497 e. The van der Waals surface area contributed by atoms with Crippen LogP contribution < -0.4 is 20.8 Å². The van der Waals surface area contributed by atoms with Crippen LogP contribution in [0.15, 0.2) is 29.2 Å². The van der Waals surface area contributed by atoms with Crippen LogP contribution in [0.1, 0.15) is 12.8 Å². The molecule has 0 saturated heterocycles. The maximum absolute atomic E-state index is 12.4. The third-order valence-electron chi connectivity index (χ3n) is 3.58. The van der Waals surface area contributed by atoms with Crippen LogP contribution in [0.2, 0.25) is 0 Å². The molecule has 0 spiro atoms. The molecule has 1 heterocycles. The fourth-order valence-corrected chi connectivity index (χ4v) is 2.14. The quantitative estimate of drug-likeness (QED) is 0.805. The van der Waals surface area contributed by atoms with Crippen molar-refractivity contribution < 1.29 is 9.53 Å². The molecule has 1 fully saturated rings. The van der Waals surface area contributed by atoms with E-state index in [1.165, 1.54) is 6.20 Å². The number of pyridine rings is 1. The molecule has 0 atom stereocenters. The second-order valence-corrected chi connectivity index (χ2v) is 5.22. The summed E-state index contributed by atoms with van der Waals surface area (Å²) in [6.45, 7) is 0.658. The SMILES string of the molecule is COc1ccc2[nH]cc(NC(=O)NCC3CC3)c(=O)c2c1. The summed E-state index contributed by atoms with van der Waals surface area (Å²) in [7, 11) is 1.54. The number of rotatable bonds is 4. The van der Waals surface area contributed by atoms with Crippen molar-refractivity contribution in [1.82, 2.24) is 10.3 Å². The molecule has 3 rings (SSSR count). The van der Waals surface area contributed by atoms with E-state index in [4.69, 9.17) is 4.74 Å². The molecule has 1 aliphatic rings. The lowest BCUT2D eigenvalue weighted by molar-refractivity contribution is 0.251. The molecule has 110 valence electrons. The summed E-state index contributed by atoms with van der Waals surface area (Å²) in [5.41, 5.74) is 0.693. The number of anilines is 1. The third kappa shape index (κ3) is 2.99. The molecule has 0 unspecified atom stereocenters. The van der Waals surface area contributed by atoms with Gasteiger partial charge in [-0.3, -0.25) is 4.79 Å². The summed E-state index contributed by atoms with van der Waals surface area (Å²) in [6.07, 6.45) is 3.83.